The summed E-state index contributed by atoms with van der Waals surface area (Å²) in [6.07, 6.45) is 51.5. The Balaban J connectivity index is 4.21. The molecule has 8 nitrogen and oxygen atoms in total. The number of unbranched alkanes of at least 4 members (excludes halogenated alkanes) is 24. The summed E-state index contributed by atoms with van der Waals surface area (Å²) in [5, 5.41) is 11.6. The molecule has 0 aromatic rings. The molecule has 348 valence electrons. The minimum Gasteiger partial charge on any atom is -0.544 e. The van der Waals surface area contributed by atoms with Gasteiger partial charge in [0.15, 0.2) is 6.10 Å². The molecule has 0 amide bonds. The van der Waals surface area contributed by atoms with E-state index >= 15 is 0 Å². The van der Waals surface area contributed by atoms with Crippen LogP contribution in [0.5, 0.6) is 0 Å². The maximum atomic E-state index is 12.7. The Kier molecular flexibility index (Phi) is 41.0. The van der Waals surface area contributed by atoms with Crippen LogP contribution in [0.15, 0.2) is 48.6 Å². The monoisotopic (exact) mass is 844 g/mol. The maximum Gasteiger partial charge on any atom is 0.306 e. The molecule has 2 unspecified atom stereocenters. The first-order valence-electron chi connectivity index (χ1n) is 24.7. The molecular weight excluding hydrogens is 751 g/mol. The van der Waals surface area contributed by atoms with Crippen molar-refractivity contribution in [2.24, 2.45) is 0 Å². The highest BCUT2D eigenvalue weighted by Gasteiger charge is 2.25. The summed E-state index contributed by atoms with van der Waals surface area (Å²) in [6.45, 7) is 4.52. The largest absolute Gasteiger partial charge is 0.544 e. The van der Waals surface area contributed by atoms with E-state index in [1.54, 1.807) is 21.1 Å². The summed E-state index contributed by atoms with van der Waals surface area (Å²) in [5.41, 5.74) is 0. The molecule has 0 fully saturated rings. The number of ether oxygens (including phenoxy) is 3. The van der Waals surface area contributed by atoms with Crippen LogP contribution >= 0.6 is 0 Å². The highest BCUT2D eigenvalue weighted by atomic mass is 16.6. The fraction of sp³-hybridized carbons (Fsp3) is 0.788. The Bertz CT molecular complexity index is 1120. The van der Waals surface area contributed by atoms with Gasteiger partial charge < -0.3 is 28.6 Å². The first kappa shape index (κ1) is 57.3. The molecule has 2 atom stereocenters. The van der Waals surface area contributed by atoms with Gasteiger partial charge in [0.2, 0.25) is 0 Å². The SMILES string of the molecule is CC/C=C/C=C/C=C/CCCCCCCC(=O)OC(COCCC(C(=O)[O-])[N+](C)(C)C)COC(=O)CCCCCCCCC/C=C/CCCCCCCCCCCCCC. The summed E-state index contributed by atoms with van der Waals surface area (Å²) < 4.78 is 17.2. The third-order valence-electron chi connectivity index (χ3n) is 11.0. The average Bonchev–Trinajstić information content (AvgIpc) is 3.21. The van der Waals surface area contributed by atoms with Gasteiger partial charge in [0.25, 0.3) is 0 Å². The van der Waals surface area contributed by atoms with Gasteiger partial charge in [-0.3, -0.25) is 9.59 Å². The number of likely N-dealkylation sites (N-methyl/N-ethyl adjacent to an activating group) is 1. The number of nitrogens with zero attached hydrogens (tertiary/aromatic N) is 1. The lowest BCUT2D eigenvalue weighted by atomic mass is 10.0. The van der Waals surface area contributed by atoms with Crippen molar-refractivity contribution < 1.29 is 38.2 Å². The minimum atomic E-state index is -1.13. The number of carbonyl (C=O) groups excluding carboxylic acids is 3. The smallest absolute Gasteiger partial charge is 0.306 e. The van der Waals surface area contributed by atoms with Gasteiger partial charge in [0, 0.05) is 19.3 Å². The van der Waals surface area contributed by atoms with Gasteiger partial charge in [-0.2, -0.15) is 0 Å². The third kappa shape index (κ3) is 40.7. The molecule has 0 N–H and O–H groups in total. The molecule has 0 rings (SSSR count). The van der Waals surface area contributed by atoms with Crippen molar-refractivity contribution >= 4 is 17.9 Å². The van der Waals surface area contributed by atoms with Crippen LogP contribution in [0, 0.1) is 0 Å². The van der Waals surface area contributed by atoms with Gasteiger partial charge in [-0.05, 0) is 57.8 Å². The van der Waals surface area contributed by atoms with Gasteiger partial charge in [-0.25, -0.2) is 0 Å². The number of carbonyl (C=O) groups is 3. The van der Waals surface area contributed by atoms with E-state index in [2.05, 4.69) is 56.4 Å². The zero-order chi connectivity index (χ0) is 44.2. The molecule has 0 saturated carbocycles. The summed E-state index contributed by atoms with van der Waals surface area (Å²) >= 11 is 0. The summed E-state index contributed by atoms with van der Waals surface area (Å²) in [7, 11) is 5.40. The van der Waals surface area contributed by atoms with E-state index in [0.29, 0.717) is 12.8 Å². The van der Waals surface area contributed by atoms with E-state index in [9.17, 15) is 19.5 Å². The molecule has 0 saturated heterocycles. The van der Waals surface area contributed by atoms with Crippen LogP contribution in [0.1, 0.15) is 213 Å². The molecule has 60 heavy (non-hydrogen) atoms. The van der Waals surface area contributed by atoms with Crippen LogP contribution in [0.4, 0.5) is 0 Å². The Labute approximate surface area is 369 Å². The fourth-order valence-corrected chi connectivity index (χ4v) is 7.18. The van der Waals surface area contributed by atoms with Crippen LogP contribution in [0.25, 0.3) is 0 Å². The van der Waals surface area contributed by atoms with Crippen molar-refractivity contribution in [1.82, 2.24) is 0 Å². The van der Waals surface area contributed by atoms with Crippen molar-refractivity contribution in [2.45, 2.75) is 225 Å². The van der Waals surface area contributed by atoms with Crippen molar-refractivity contribution in [3.05, 3.63) is 48.6 Å². The molecule has 0 aromatic carbocycles. The van der Waals surface area contributed by atoms with Gasteiger partial charge in [-0.15, -0.1) is 0 Å². The molecule has 0 aliphatic rings. The number of hydrogen-bond acceptors (Lipinski definition) is 7. The molecule has 0 spiro atoms. The van der Waals surface area contributed by atoms with Crippen LogP contribution in [-0.4, -0.2) is 75.5 Å². The highest BCUT2D eigenvalue weighted by molar-refractivity contribution is 5.70. The molecule has 0 heterocycles. The lowest BCUT2D eigenvalue weighted by Crippen LogP contribution is -2.55. The first-order valence-corrected chi connectivity index (χ1v) is 24.7. The van der Waals surface area contributed by atoms with Crippen LogP contribution in [0.3, 0.4) is 0 Å². The van der Waals surface area contributed by atoms with Gasteiger partial charge in [-0.1, -0.05) is 184 Å². The molecule has 8 heteroatoms. The minimum absolute atomic E-state index is 0.0305. The fourth-order valence-electron chi connectivity index (χ4n) is 7.18. The molecular formula is C52H93NO7. The average molecular weight is 844 g/mol. The number of esters is 2. The van der Waals surface area contributed by atoms with Crippen LogP contribution in [0.2, 0.25) is 0 Å². The summed E-state index contributed by atoms with van der Waals surface area (Å²) in [5.74, 6) is -1.76. The Morgan fingerprint density at radius 3 is 1.42 bits per heavy atom. The second-order valence-corrected chi connectivity index (χ2v) is 17.7. The normalized spacial score (nSPS) is 13.3. The number of rotatable bonds is 44. The van der Waals surface area contributed by atoms with E-state index in [4.69, 9.17) is 14.2 Å². The van der Waals surface area contributed by atoms with Gasteiger partial charge in [0.1, 0.15) is 12.6 Å². The summed E-state index contributed by atoms with van der Waals surface area (Å²) in [4.78, 5) is 36.9. The quantitative estimate of drug-likeness (QED) is 0.0198. The van der Waals surface area contributed by atoms with Gasteiger partial charge >= 0.3 is 11.9 Å². The Morgan fingerprint density at radius 1 is 0.517 bits per heavy atom. The lowest BCUT2D eigenvalue weighted by Gasteiger charge is -2.34. The number of hydrogen-bond donors (Lipinski definition) is 0. The number of allylic oxidation sites excluding steroid dienone is 8. The molecule has 0 radical (unpaired) electrons. The van der Waals surface area contributed by atoms with Crippen molar-refractivity contribution in [3.8, 4) is 0 Å². The highest BCUT2D eigenvalue weighted by Crippen LogP contribution is 2.15. The Morgan fingerprint density at radius 2 is 0.950 bits per heavy atom. The standard InChI is InChI=1S/C52H93NO7/c1-6-8-10-12-14-16-18-20-21-22-23-24-25-26-27-28-29-31-32-34-36-38-40-42-50(54)59-47-48(46-58-45-44-49(52(56)57)53(3,4)5)60-51(55)43-41-39-37-35-33-30-19-17-15-13-11-9-7-2/h9,11,13,15,17,19,26-27,48-49H,6-8,10,12,14,16,18,20-25,28-47H2,1-5H3/b11-9+,15-13+,19-17+,27-26+. The number of quaternary nitrogens is 1. The third-order valence-corrected chi connectivity index (χ3v) is 11.0. The number of aliphatic carboxylic acids is 1. The first-order chi connectivity index (χ1) is 29.1. The van der Waals surface area contributed by atoms with E-state index in [1.807, 2.05) is 6.08 Å². The zero-order valence-corrected chi connectivity index (χ0v) is 39.6. The van der Waals surface area contributed by atoms with Crippen LogP contribution < -0.4 is 5.11 Å². The number of carboxylic acids is 1. The van der Waals surface area contributed by atoms with E-state index in [1.165, 1.54) is 116 Å². The molecule has 0 bridgehead atoms. The van der Waals surface area contributed by atoms with E-state index in [0.717, 1.165) is 64.2 Å². The number of carboxylic acid groups (broad SMARTS) is 1. The zero-order valence-electron chi connectivity index (χ0n) is 39.6. The predicted octanol–water partition coefficient (Wildman–Crippen LogP) is 12.6. The van der Waals surface area contributed by atoms with E-state index < -0.39 is 18.1 Å². The maximum absolute atomic E-state index is 12.7. The van der Waals surface area contributed by atoms with E-state index in [-0.39, 0.29) is 42.7 Å². The van der Waals surface area contributed by atoms with Crippen molar-refractivity contribution in [1.29, 1.82) is 0 Å². The Hall–Kier alpha value is -2.71. The predicted molar refractivity (Wildman–Crippen MR) is 250 cm³/mol. The van der Waals surface area contributed by atoms with Crippen LogP contribution in [-0.2, 0) is 28.6 Å². The molecule has 0 aliphatic carbocycles. The molecule has 0 aromatic heterocycles. The lowest BCUT2D eigenvalue weighted by molar-refractivity contribution is -0.889. The summed E-state index contributed by atoms with van der Waals surface area (Å²) in [6, 6.07) is -0.731. The molecule has 0 aliphatic heterocycles. The second kappa shape index (κ2) is 43.0. The van der Waals surface area contributed by atoms with Gasteiger partial charge in [0.05, 0.1) is 40.3 Å². The second-order valence-electron chi connectivity index (χ2n) is 17.7. The van der Waals surface area contributed by atoms with Crippen molar-refractivity contribution in [2.75, 3.05) is 41.0 Å². The van der Waals surface area contributed by atoms with Crippen molar-refractivity contribution in [3.63, 3.8) is 0 Å². The topological polar surface area (TPSA) is 102 Å².